The van der Waals surface area contributed by atoms with E-state index in [1.54, 1.807) is 18.4 Å². The Morgan fingerprint density at radius 2 is 1.93 bits per heavy atom. The first kappa shape index (κ1) is 33.0. The summed E-state index contributed by atoms with van der Waals surface area (Å²) in [5.74, 6) is 5.74. The Hall–Kier alpha value is -3.23. The molecular weight excluding hydrogens is 540 g/mol. The summed E-state index contributed by atoms with van der Waals surface area (Å²) in [6.07, 6.45) is 9.35. The Labute approximate surface area is 239 Å². The number of alkyl halides is 4. The van der Waals surface area contributed by atoms with E-state index < -0.39 is 11.7 Å². The molecule has 1 aromatic rings. The van der Waals surface area contributed by atoms with Crippen LogP contribution < -0.4 is 21.7 Å². The molecule has 1 unspecified atom stereocenters. The molecule has 0 aliphatic carbocycles. The molecule has 1 atom stereocenters. The van der Waals surface area contributed by atoms with E-state index in [1.165, 1.54) is 37.3 Å². The number of halogens is 4. The lowest BCUT2D eigenvalue weighted by Gasteiger charge is -2.27. The van der Waals surface area contributed by atoms with Crippen LogP contribution in [0.3, 0.4) is 0 Å². The van der Waals surface area contributed by atoms with E-state index in [-0.39, 0.29) is 29.0 Å². The fourth-order valence-electron chi connectivity index (χ4n) is 4.27. The number of hydrogen-bond acceptors (Lipinski definition) is 7. The third-order valence-corrected chi connectivity index (χ3v) is 7.21. The smallest absolute Gasteiger partial charge is 0.399 e. The van der Waals surface area contributed by atoms with Crippen molar-refractivity contribution >= 4 is 23.1 Å². The molecule has 6 nitrogen and oxygen atoms in total. The summed E-state index contributed by atoms with van der Waals surface area (Å²) in [4.78, 5) is 3.84. The molecule has 3 aliphatic heterocycles. The van der Waals surface area contributed by atoms with Gasteiger partial charge in [0.1, 0.15) is 16.9 Å². The minimum absolute atomic E-state index is 0.0125. The van der Waals surface area contributed by atoms with Crippen LogP contribution in [0.5, 0.6) is 0 Å². The first-order chi connectivity index (χ1) is 19.1. The summed E-state index contributed by atoms with van der Waals surface area (Å²) >= 11 is -0.201. The van der Waals surface area contributed by atoms with Crippen molar-refractivity contribution in [2.24, 2.45) is 5.73 Å². The zero-order valence-corrected chi connectivity index (χ0v) is 24.4. The highest BCUT2D eigenvalue weighted by molar-refractivity contribution is 8.03. The van der Waals surface area contributed by atoms with Crippen LogP contribution in [0.25, 0.3) is 5.70 Å². The number of aryl methyl sites for hydroxylation is 1. The van der Waals surface area contributed by atoms with Crippen LogP contribution in [-0.2, 0) is 6.42 Å². The summed E-state index contributed by atoms with van der Waals surface area (Å²) in [6, 6.07) is 5.95. The minimum atomic E-state index is -4.43. The van der Waals surface area contributed by atoms with Gasteiger partial charge in [-0.15, -0.1) is 0 Å². The van der Waals surface area contributed by atoms with Gasteiger partial charge < -0.3 is 31.5 Å². The number of rotatable bonds is 6. The lowest BCUT2D eigenvalue weighted by molar-refractivity contribution is -0.0325. The lowest BCUT2D eigenvalue weighted by atomic mass is 10.0. The highest BCUT2D eigenvalue weighted by atomic mass is 32.2. The molecule has 220 valence electrons. The van der Waals surface area contributed by atoms with Crippen LogP contribution in [-0.4, -0.2) is 62.4 Å². The van der Waals surface area contributed by atoms with Crippen LogP contribution in [0.1, 0.15) is 37.3 Å². The molecule has 3 heterocycles. The number of nitrogens with zero attached hydrogens (tertiary/aromatic N) is 2. The molecule has 11 heteroatoms. The SMILES string of the molecule is C=C(NC)c1ccc(NCC#CC2=C(SC(F)(F)F)N3C=CC=C(N)C3N2)c(CC)c1.CF.CN1CCCCC1. The van der Waals surface area contributed by atoms with Crippen molar-refractivity contribution in [3.63, 3.8) is 0 Å². The van der Waals surface area contributed by atoms with Crippen LogP contribution in [0, 0.1) is 11.8 Å². The topological polar surface area (TPSA) is 68.6 Å². The van der Waals surface area contributed by atoms with Crippen molar-refractivity contribution in [3.8, 4) is 11.8 Å². The monoisotopic (exact) mass is 580 g/mol. The van der Waals surface area contributed by atoms with Crippen LogP contribution in [0.4, 0.5) is 23.2 Å². The summed E-state index contributed by atoms with van der Waals surface area (Å²) in [7, 11) is 4.51. The normalized spacial score (nSPS) is 18.1. The molecular formula is C29H40F4N6S. The van der Waals surface area contributed by atoms with Gasteiger partial charge in [0.15, 0.2) is 0 Å². The summed E-state index contributed by atoms with van der Waals surface area (Å²) in [5, 5.41) is 9.24. The number of likely N-dealkylation sites (tertiary alicyclic amines) is 1. The molecule has 1 aromatic carbocycles. The van der Waals surface area contributed by atoms with Crippen molar-refractivity contribution in [2.75, 3.05) is 46.2 Å². The van der Waals surface area contributed by atoms with Gasteiger partial charge in [-0.3, -0.25) is 4.39 Å². The van der Waals surface area contributed by atoms with E-state index in [4.69, 9.17) is 5.73 Å². The fraction of sp³-hybridized carbons (Fsp3) is 0.448. The maximum atomic E-state index is 13.1. The van der Waals surface area contributed by atoms with Crippen LogP contribution in [0.2, 0.25) is 0 Å². The van der Waals surface area contributed by atoms with Crippen molar-refractivity contribution in [1.29, 1.82) is 0 Å². The Balaban J connectivity index is 0.000000534. The number of fused-ring (bicyclic) bond motifs is 1. The minimum Gasteiger partial charge on any atom is -0.399 e. The number of nitrogens with one attached hydrogen (secondary N) is 3. The largest absolute Gasteiger partial charge is 0.447 e. The second kappa shape index (κ2) is 16.1. The molecule has 4 rings (SSSR count). The van der Waals surface area contributed by atoms with E-state index in [0.29, 0.717) is 12.9 Å². The molecule has 5 N–H and O–H groups in total. The standard InChI is InChI=1S/C22H24F3N5S.C6H13N.CH3F/c1-4-15-13-16(14(2)27-3)9-10-18(15)28-11-5-8-19-21(31-22(23,24)25)30-12-6-7-17(26)20(30)29-19;1-7-5-3-2-4-6-7;1-2/h6-7,9-10,12-13,20,27-29H,2,4,11,26H2,1,3H3;2-6H2,1H3;1H3. The van der Waals surface area contributed by atoms with E-state index in [2.05, 4.69) is 46.3 Å². The molecule has 0 amide bonds. The van der Waals surface area contributed by atoms with Crippen LogP contribution >= 0.6 is 11.8 Å². The molecule has 0 radical (unpaired) electrons. The highest BCUT2D eigenvalue weighted by Gasteiger charge is 2.40. The second-order valence-electron chi connectivity index (χ2n) is 9.16. The van der Waals surface area contributed by atoms with Gasteiger partial charge in [-0.1, -0.05) is 31.9 Å². The third-order valence-electron chi connectivity index (χ3n) is 6.37. The van der Waals surface area contributed by atoms with Gasteiger partial charge in [-0.2, -0.15) is 13.2 Å². The number of nitrogens with two attached hydrogens (primary N) is 1. The van der Waals surface area contributed by atoms with Gasteiger partial charge >= 0.3 is 5.51 Å². The van der Waals surface area contributed by atoms with E-state index in [9.17, 15) is 17.6 Å². The fourth-order valence-corrected chi connectivity index (χ4v) is 4.97. The first-order valence-corrected chi connectivity index (χ1v) is 13.9. The van der Waals surface area contributed by atoms with E-state index >= 15 is 0 Å². The number of benzene rings is 1. The molecule has 0 spiro atoms. The van der Waals surface area contributed by atoms with E-state index in [1.807, 2.05) is 32.2 Å². The third kappa shape index (κ3) is 9.75. The van der Waals surface area contributed by atoms with Crippen molar-refractivity contribution < 1.29 is 17.6 Å². The summed E-state index contributed by atoms with van der Waals surface area (Å²) in [6.45, 7) is 8.93. The number of anilines is 1. The van der Waals surface area contributed by atoms with Crippen molar-refractivity contribution in [3.05, 3.63) is 70.7 Å². The Bertz CT molecular complexity index is 1140. The number of hydrogen-bond donors (Lipinski definition) is 4. The number of piperidine rings is 1. The molecule has 0 aromatic heterocycles. The van der Waals surface area contributed by atoms with Crippen molar-refractivity contribution in [2.45, 2.75) is 44.3 Å². The predicted molar refractivity (Wildman–Crippen MR) is 159 cm³/mol. The van der Waals surface area contributed by atoms with Crippen molar-refractivity contribution in [1.82, 2.24) is 20.4 Å². The Morgan fingerprint density at radius 3 is 2.50 bits per heavy atom. The van der Waals surface area contributed by atoms with E-state index in [0.717, 1.165) is 28.9 Å². The average molecular weight is 581 g/mol. The van der Waals surface area contributed by atoms with Gasteiger partial charge in [0.2, 0.25) is 0 Å². The average Bonchev–Trinajstić information content (AvgIpc) is 3.29. The molecule has 0 saturated carbocycles. The molecule has 1 saturated heterocycles. The van der Waals surface area contributed by atoms with Crippen LogP contribution in [0.15, 0.2) is 59.6 Å². The Morgan fingerprint density at radius 1 is 1.23 bits per heavy atom. The van der Waals surface area contributed by atoms with Gasteiger partial charge in [0.05, 0.1) is 19.4 Å². The Kier molecular flexibility index (Phi) is 13.3. The van der Waals surface area contributed by atoms with Gasteiger partial charge in [0.25, 0.3) is 0 Å². The zero-order chi connectivity index (χ0) is 29.7. The maximum Gasteiger partial charge on any atom is 0.447 e. The lowest BCUT2D eigenvalue weighted by Crippen LogP contribution is -2.40. The summed E-state index contributed by atoms with van der Waals surface area (Å²) in [5.41, 5.74) is 5.98. The summed E-state index contributed by atoms with van der Waals surface area (Å²) < 4.78 is 48.7. The van der Waals surface area contributed by atoms with Gasteiger partial charge in [0, 0.05) is 36.4 Å². The first-order valence-electron chi connectivity index (χ1n) is 13.1. The number of allylic oxidation sites excluding steroid dienone is 3. The van der Waals surface area contributed by atoms with Gasteiger partial charge in [-0.25, -0.2) is 0 Å². The predicted octanol–water partition coefficient (Wildman–Crippen LogP) is 5.57. The molecule has 0 bridgehead atoms. The maximum absolute atomic E-state index is 13.1. The highest BCUT2D eigenvalue weighted by Crippen LogP contribution is 2.43. The molecule has 40 heavy (non-hydrogen) atoms. The molecule has 3 aliphatic rings. The molecule has 1 fully saturated rings. The number of thioether (sulfide) groups is 1. The zero-order valence-electron chi connectivity index (χ0n) is 23.6. The van der Waals surface area contributed by atoms with Gasteiger partial charge in [-0.05, 0) is 80.7 Å². The quantitative estimate of drug-likeness (QED) is 0.259. The second-order valence-corrected chi connectivity index (χ2v) is 10.2.